The highest BCUT2D eigenvalue weighted by Gasteiger charge is 2.22. The maximum atomic E-state index is 12.5. The second-order valence-corrected chi connectivity index (χ2v) is 11.3. The Labute approximate surface area is 281 Å². The maximum absolute atomic E-state index is 12.5. The van der Waals surface area contributed by atoms with Crippen LogP contribution in [-0.2, 0) is 19.1 Å². The van der Waals surface area contributed by atoms with Crippen molar-refractivity contribution < 1.29 is 38.0 Å². The van der Waals surface area contributed by atoms with E-state index in [0.29, 0.717) is 48.7 Å². The Bertz CT molecular complexity index is 1570. The summed E-state index contributed by atoms with van der Waals surface area (Å²) < 4.78 is 36.5. The van der Waals surface area contributed by atoms with Crippen molar-refractivity contribution in [3.05, 3.63) is 109 Å². The number of benzene rings is 5. The van der Waals surface area contributed by atoms with Crippen LogP contribution >= 0.6 is 0 Å². The van der Waals surface area contributed by atoms with Gasteiger partial charge < -0.3 is 28.4 Å². The third kappa shape index (κ3) is 9.41. The second-order valence-electron chi connectivity index (χ2n) is 11.3. The predicted molar refractivity (Wildman–Crippen MR) is 186 cm³/mol. The van der Waals surface area contributed by atoms with Crippen molar-refractivity contribution in [2.24, 2.45) is 0 Å². The van der Waals surface area contributed by atoms with Gasteiger partial charge in [0.2, 0.25) is 0 Å². The highest BCUT2D eigenvalue weighted by molar-refractivity contribution is 6.11. The summed E-state index contributed by atoms with van der Waals surface area (Å²) in [5.41, 5.74) is 0. The number of carbonyl (C=O) groups excluding carboxylic acids is 2. The van der Waals surface area contributed by atoms with Gasteiger partial charge in [0, 0.05) is 34.4 Å². The third-order valence-electron chi connectivity index (χ3n) is 7.52. The van der Waals surface area contributed by atoms with Crippen LogP contribution < -0.4 is 18.9 Å². The molecule has 0 saturated heterocycles. The lowest BCUT2D eigenvalue weighted by Gasteiger charge is -2.23. The largest absolute Gasteiger partial charge is 0.490 e. The van der Waals surface area contributed by atoms with Crippen LogP contribution in [0.4, 0.5) is 0 Å². The molecule has 8 nitrogen and oxygen atoms in total. The number of rotatable bonds is 18. The monoisotopic (exact) mass is 650 g/mol. The highest BCUT2D eigenvalue weighted by Crippen LogP contribution is 2.43. The summed E-state index contributed by atoms with van der Waals surface area (Å²) in [5.74, 6) is 2.04. The first kappa shape index (κ1) is 34.1. The number of fused-ring (bicyclic) bond motifs is 2. The molecule has 5 aromatic carbocycles. The van der Waals surface area contributed by atoms with Gasteiger partial charge >= 0.3 is 11.9 Å². The smallest absolute Gasteiger partial charge is 0.306 e. The van der Waals surface area contributed by atoms with Crippen LogP contribution in [0.25, 0.3) is 21.5 Å². The molecular weight excluding hydrogens is 608 g/mol. The van der Waals surface area contributed by atoms with Crippen LogP contribution in [0.15, 0.2) is 109 Å². The van der Waals surface area contributed by atoms with Crippen molar-refractivity contribution in [3.63, 3.8) is 0 Å². The van der Waals surface area contributed by atoms with E-state index in [1.165, 1.54) is 0 Å². The minimum absolute atomic E-state index is 0.0861. The van der Waals surface area contributed by atoms with E-state index in [-0.39, 0.29) is 38.4 Å². The Hall–Kier alpha value is -5.24. The molecule has 48 heavy (non-hydrogen) atoms. The molecule has 0 amide bonds. The van der Waals surface area contributed by atoms with Crippen molar-refractivity contribution >= 4 is 33.5 Å². The number of para-hydroxylation sites is 2. The molecule has 0 aromatic heterocycles. The molecule has 0 N–H and O–H groups in total. The van der Waals surface area contributed by atoms with Gasteiger partial charge in [-0.05, 0) is 37.1 Å². The molecule has 0 heterocycles. The van der Waals surface area contributed by atoms with Crippen molar-refractivity contribution in [1.82, 2.24) is 0 Å². The van der Waals surface area contributed by atoms with E-state index in [9.17, 15) is 9.59 Å². The second kappa shape index (κ2) is 17.6. The van der Waals surface area contributed by atoms with Gasteiger partial charge in [-0.25, -0.2) is 0 Å². The summed E-state index contributed by atoms with van der Waals surface area (Å²) >= 11 is 0. The summed E-state index contributed by atoms with van der Waals surface area (Å²) in [6, 6.07) is 34.4. The van der Waals surface area contributed by atoms with Gasteiger partial charge in [-0.3, -0.25) is 9.59 Å². The first-order chi connectivity index (χ1) is 23.6. The number of esters is 2. The minimum atomic E-state index is -0.638. The van der Waals surface area contributed by atoms with Crippen molar-refractivity contribution in [2.75, 3.05) is 26.4 Å². The van der Waals surface area contributed by atoms with Gasteiger partial charge in [-0.15, -0.1) is 0 Å². The van der Waals surface area contributed by atoms with Crippen LogP contribution in [0, 0.1) is 0 Å². The van der Waals surface area contributed by atoms with Crippen molar-refractivity contribution in [2.45, 2.75) is 51.7 Å². The van der Waals surface area contributed by atoms with Gasteiger partial charge in [0.05, 0.1) is 0 Å². The lowest BCUT2D eigenvalue weighted by Crippen LogP contribution is -2.31. The van der Waals surface area contributed by atoms with Gasteiger partial charge in [0.1, 0.15) is 49.4 Å². The van der Waals surface area contributed by atoms with Crippen LogP contribution in [0.1, 0.15) is 39.5 Å². The Balaban J connectivity index is 1.40. The Morgan fingerprint density at radius 3 is 1.10 bits per heavy atom. The van der Waals surface area contributed by atoms with Crippen LogP contribution in [0.3, 0.4) is 0 Å². The number of ether oxygens (including phenoxy) is 6. The van der Waals surface area contributed by atoms with E-state index >= 15 is 0 Å². The molecule has 0 aliphatic rings. The molecule has 0 spiro atoms. The predicted octanol–water partition coefficient (Wildman–Crippen LogP) is 8.33. The van der Waals surface area contributed by atoms with E-state index < -0.39 is 12.2 Å². The standard InChI is InChI=1S/C40H42O8/c1-3-15-37(41)47-31(25-43-29-17-7-5-8-18-29)27-45-39-33-21-11-13-23-35(33)40(36-24-14-12-22-34(36)39)46-28-32(48-38(42)16-4-2)26-44-30-19-9-6-10-20-30/h5-14,17-24,31-32H,3-4,15-16,25-28H2,1-2H3. The number of hydrogen-bond donors (Lipinski definition) is 0. The summed E-state index contributed by atoms with van der Waals surface area (Å²) in [6.45, 7) is 4.32. The summed E-state index contributed by atoms with van der Waals surface area (Å²) in [4.78, 5) is 25.0. The Kier molecular flexibility index (Phi) is 12.5. The molecule has 5 rings (SSSR count). The van der Waals surface area contributed by atoms with E-state index in [2.05, 4.69) is 0 Å². The lowest BCUT2D eigenvalue weighted by molar-refractivity contribution is -0.153. The van der Waals surface area contributed by atoms with Crippen LogP contribution in [-0.4, -0.2) is 50.6 Å². The van der Waals surface area contributed by atoms with Crippen LogP contribution in [0.2, 0.25) is 0 Å². The van der Waals surface area contributed by atoms with Gasteiger partial charge in [-0.1, -0.05) is 98.8 Å². The topological polar surface area (TPSA) is 89.5 Å². The zero-order chi connectivity index (χ0) is 33.6. The average Bonchev–Trinajstić information content (AvgIpc) is 3.11. The highest BCUT2D eigenvalue weighted by atomic mass is 16.6. The maximum Gasteiger partial charge on any atom is 0.306 e. The molecule has 2 unspecified atom stereocenters. The van der Waals surface area contributed by atoms with Crippen LogP contribution in [0.5, 0.6) is 23.0 Å². The Morgan fingerprint density at radius 1 is 0.458 bits per heavy atom. The summed E-state index contributed by atoms with van der Waals surface area (Å²) in [6.07, 6.45) is 0.705. The molecule has 5 aromatic rings. The van der Waals surface area contributed by atoms with E-state index in [4.69, 9.17) is 28.4 Å². The third-order valence-corrected chi connectivity index (χ3v) is 7.52. The fraction of sp³-hybridized carbons (Fsp3) is 0.300. The van der Waals surface area contributed by atoms with Gasteiger partial charge in [-0.2, -0.15) is 0 Å². The molecular formula is C40H42O8. The average molecular weight is 651 g/mol. The zero-order valence-electron chi connectivity index (χ0n) is 27.5. The lowest BCUT2D eigenvalue weighted by atomic mass is 10.0. The number of carbonyl (C=O) groups is 2. The summed E-state index contributed by atoms with van der Waals surface area (Å²) in [7, 11) is 0. The first-order valence-electron chi connectivity index (χ1n) is 16.5. The molecule has 0 aliphatic carbocycles. The molecule has 0 fully saturated rings. The number of hydrogen-bond acceptors (Lipinski definition) is 8. The molecule has 0 radical (unpaired) electrons. The van der Waals surface area contributed by atoms with Gasteiger partial charge in [0.15, 0.2) is 12.2 Å². The molecule has 2 atom stereocenters. The molecule has 0 aliphatic heterocycles. The van der Waals surface area contributed by atoms with Crippen molar-refractivity contribution in [1.29, 1.82) is 0 Å². The fourth-order valence-electron chi connectivity index (χ4n) is 5.25. The fourth-order valence-corrected chi connectivity index (χ4v) is 5.25. The first-order valence-corrected chi connectivity index (χ1v) is 16.5. The SMILES string of the molecule is CCCC(=O)OC(COc1ccccc1)COc1c2ccccc2c(OCC(COc2ccccc2)OC(=O)CCC)c2ccccc12. The van der Waals surface area contributed by atoms with Gasteiger partial charge in [0.25, 0.3) is 0 Å². The van der Waals surface area contributed by atoms with Crippen molar-refractivity contribution in [3.8, 4) is 23.0 Å². The zero-order valence-corrected chi connectivity index (χ0v) is 27.5. The normalized spacial score (nSPS) is 12.2. The molecule has 0 saturated carbocycles. The molecule has 8 heteroatoms. The summed E-state index contributed by atoms with van der Waals surface area (Å²) in [5, 5.41) is 3.31. The van der Waals surface area contributed by atoms with E-state index in [1.807, 2.05) is 123 Å². The Morgan fingerprint density at radius 2 is 0.771 bits per heavy atom. The molecule has 250 valence electrons. The van der Waals surface area contributed by atoms with E-state index in [1.54, 1.807) is 0 Å². The minimum Gasteiger partial charge on any atom is -0.490 e. The quantitative estimate of drug-likeness (QED) is 0.0691. The van der Waals surface area contributed by atoms with E-state index in [0.717, 1.165) is 21.5 Å². The molecule has 0 bridgehead atoms.